The van der Waals surface area contributed by atoms with Crippen LogP contribution >= 0.6 is 0 Å². The van der Waals surface area contributed by atoms with E-state index in [4.69, 9.17) is 0 Å². The molecule has 1 aliphatic rings. The zero-order valence-electron chi connectivity index (χ0n) is 8.31. The molecule has 14 heavy (non-hydrogen) atoms. The third kappa shape index (κ3) is 1.50. The zero-order chi connectivity index (χ0) is 9.97. The monoisotopic (exact) mass is 190 g/mol. The van der Waals surface area contributed by atoms with Gasteiger partial charge in [0.2, 0.25) is 6.41 Å². The van der Waals surface area contributed by atoms with Crippen LogP contribution in [0.1, 0.15) is 30.1 Å². The second-order valence-electron chi connectivity index (χ2n) is 3.68. The van der Waals surface area contributed by atoms with Crippen molar-refractivity contribution < 1.29 is 4.79 Å². The van der Waals surface area contributed by atoms with Crippen LogP contribution in [0, 0.1) is 6.92 Å². The van der Waals surface area contributed by atoms with E-state index in [1.165, 1.54) is 5.56 Å². The van der Waals surface area contributed by atoms with Gasteiger partial charge in [-0.05, 0) is 31.4 Å². The predicted octanol–water partition coefficient (Wildman–Crippen LogP) is 1.68. The van der Waals surface area contributed by atoms with Crippen molar-refractivity contribution in [1.29, 1.82) is 0 Å². The van der Waals surface area contributed by atoms with E-state index in [0.29, 0.717) is 0 Å². The molecule has 74 valence electrons. The van der Waals surface area contributed by atoms with Crippen molar-refractivity contribution in [1.82, 2.24) is 9.88 Å². The average Bonchev–Trinajstić information content (AvgIpc) is 2.66. The van der Waals surface area contributed by atoms with Gasteiger partial charge < -0.3 is 4.90 Å². The molecule has 1 amide bonds. The maximum atomic E-state index is 10.8. The molecule has 1 aromatic heterocycles. The van der Waals surface area contributed by atoms with Crippen molar-refractivity contribution >= 4 is 6.41 Å². The first-order chi connectivity index (χ1) is 6.83. The molecule has 0 saturated carbocycles. The van der Waals surface area contributed by atoms with Crippen LogP contribution in [0.15, 0.2) is 18.3 Å². The molecule has 3 heteroatoms. The third-order valence-corrected chi connectivity index (χ3v) is 2.84. The normalized spacial score (nSPS) is 21.2. The van der Waals surface area contributed by atoms with E-state index < -0.39 is 0 Å². The van der Waals surface area contributed by atoms with Crippen LogP contribution in [-0.2, 0) is 4.79 Å². The fraction of sp³-hybridized carbons (Fsp3) is 0.455. The Labute approximate surface area is 83.8 Å². The summed E-state index contributed by atoms with van der Waals surface area (Å²) in [6.45, 7) is 2.87. The molecule has 0 bridgehead atoms. The lowest BCUT2D eigenvalue weighted by Crippen LogP contribution is -2.21. The Morgan fingerprint density at radius 2 is 2.50 bits per heavy atom. The van der Waals surface area contributed by atoms with Gasteiger partial charge >= 0.3 is 0 Å². The SMILES string of the molecule is Cc1ncccc1[C@@H]1CCCN1C=O. The first-order valence-corrected chi connectivity index (χ1v) is 4.95. The van der Waals surface area contributed by atoms with E-state index in [2.05, 4.69) is 11.1 Å². The van der Waals surface area contributed by atoms with E-state index in [-0.39, 0.29) is 6.04 Å². The largest absolute Gasteiger partial charge is 0.338 e. The summed E-state index contributed by atoms with van der Waals surface area (Å²) in [5.74, 6) is 0. The van der Waals surface area contributed by atoms with Gasteiger partial charge in [-0.3, -0.25) is 9.78 Å². The summed E-state index contributed by atoms with van der Waals surface area (Å²) < 4.78 is 0. The second kappa shape index (κ2) is 3.78. The minimum atomic E-state index is 0.251. The van der Waals surface area contributed by atoms with E-state index >= 15 is 0 Å². The van der Waals surface area contributed by atoms with Gasteiger partial charge in [0.25, 0.3) is 0 Å². The van der Waals surface area contributed by atoms with Crippen LogP contribution < -0.4 is 0 Å². The van der Waals surface area contributed by atoms with E-state index in [1.54, 1.807) is 6.20 Å². The molecule has 0 aromatic carbocycles. The van der Waals surface area contributed by atoms with Gasteiger partial charge in [-0.1, -0.05) is 6.07 Å². The number of amides is 1. The van der Waals surface area contributed by atoms with Crippen molar-refractivity contribution in [2.24, 2.45) is 0 Å². The molecule has 0 aliphatic carbocycles. The minimum Gasteiger partial charge on any atom is -0.338 e. The molecular weight excluding hydrogens is 176 g/mol. The van der Waals surface area contributed by atoms with Crippen LogP contribution in [0.5, 0.6) is 0 Å². The van der Waals surface area contributed by atoms with Crippen LogP contribution in [0.4, 0.5) is 0 Å². The molecule has 0 N–H and O–H groups in total. The van der Waals surface area contributed by atoms with Gasteiger partial charge in [-0.2, -0.15) is 0 Å². The summed E-state index contributed by atoms with van der Waals surface area (Å²) in [6.07, 6.45) is 4.89. The maximum Gasteiger partial charge on any atom is 0.210 e. The highest BCUT2D eigenvalue weighted by Gasteiger charge is 2.25. The number of hydrogen-bond acceptors (Lipinski definition) is 2. The highest BCUT2D eigenvalue weighted by Crippen LogP contribution is 2.31. The minimum absolute atomic E-state index is 0.251. The summed E-state index contributed by atoms with van der Waals surface area (Å²) in [5.41, 5.74) is 2.23. The third-order valence-electron chi connectivity index (χ3n) is 2.84. The van der Waals surface area contributed by atoms with E-state index in [1.807, 2.05) is 17.9 Å². The van der Waals surface area contributed by atoms with E-state index in [0.717, 1.165) is 31.5 Å². The highest BCUT2D eigenvalue weighted by molar-refractivity contribution is 5.49. The smallest absolute Gasteiger partial charge is 0.210 e. The van der Waals surface area contributed by atoms with Crippen molar-refractivity contribution in [3.05, 3.63) is 29.6 Å². The lowest BCUT2D eigenvalue weighted by atomic mass is 10.0. The summed E-state index contributed by atoms with van der Waals surface area (Å²) in [4.78, 5) is 16.9. The number of likely N-dealkylation sites (tertiary alicyclic amines) is 1. The lowest BCUT2D eigenvalue weighted by Gasteiger charge is -2.21. The summed E-state index contributed by atoms with van der Waals surface area (Å²) >= 11 is 0. The molecule has 0 radical (unpaired) electrons. The molecular formula is C11H14N2O. The van der Waals surface area contributed by atoms with E-state index in [9.17, 15) is 4.79 Å². The molecule has 1 atom stereocenters. The Bertz CT molecular complexity index is 338. The number of hydrogen-bond donors (Lipinski definition) is 0. The first kappa shape index (κ1) is 9.19. The molecule has 1 saturated heterocycles. The fourth-order valence-corrected chi connectivity index (χ4v) is 2.10. The van der Waals surface area contributed by atoms with Crippen molar-refractivity contribution in [3.63, 3.8) is 0 Å². The number of rotatable bonds is 2. The number of aromatic nitrogens is 1. The quantitative estimate of drug-likeness (QED) is 0.665. The lowest BCUT2D eigenvalue weighted by molar-refractivity contribution is -0.118. The zero-order valence-corrected chi connectivity index (χ0v) is 8.31. The van der Waals surface area contributed by atoms with Crippen molar-refractivity contribution in [2.45, 2.75) is 25.8 Å². The van der Waals surface area contributed by atoms with Crippen LogP contribution in [-0.4, -0.2) is 22.8 Å². The number of carbonyl (C=O) groups excluding carboxylic acids is 1. The Balaban J connectivity index is 2.30. The molecule has 0 spiro atoms. The average molecular weight is 190 g/mol. The number of carbonyl (C=O) groups is 1. The Hall–Kier alpha value is -1.38. The summed E-state index contributed by atoms with van der Waals surface area (Å²) in [5, 5.41) is 0. The van der Waals surface area contributed by atoms with Gasteiger partial charge in [0.15, 0.2) is 0 Å². The van der Waals surface area contributed by atoms with Gasteiger partial charge in [0, 0.05) is 18.4 Å². The topological polar surface area (TPSA) is 33.2 Å². The summed E-state index contributed by atoms with van der Waals surface area (Å²) in [6, 6.07) is 4.25. The predicted molar refractivity (Wildman–Crippen MR) is 53.7 cm³/mol. The Kier molecular flexibility index (Phi) is 2.48. The Morgan fingerprint density at radius 3 is 3.21 bits per heavy atom. The van der Waals surface area contributed by atoms with Crippen molar-refractivity contribution in [2.75, 3.05) is 6.54 Å². The fourth-order valence-electron chi connectivity index (χ4n) is 2.10. The molecule has 2 rings (SSSR count). The second-order valence-corrected chi connectivity index (χ2v) is 3.68. The molecule has 0 unspecified atom stereocenters. The maximum absolute atomic E-state index is 10.8. The number of nitrogens with zero attached hydrogens (tertiary/aromatic N) is 2. The molecule has 3 nitrogen and oxygen atoms in total. The van der Waals surface area contributed by atoms with Crippen molar-refractivity contribution in [3.8, 4) is 0 Å². The highest BCUT2D eigenvalue weighted by atomic mass is 16.1. The standard InChI is InChI=1S/C11H14N2O/c1-9-10(4-2-6-12-9)11-5-3-7-13(11)8-14/h2,4,6,8,11H,3,5,7H2,1H3/t11-/m0/s1. The van der Waals surface area contributed by atoms with Gasteiger partial charge in [-0.25, -0.2) is 0 Å². The van der Waals surface area contributed by atoms with Crippen LogP contribution in [0.3, 0.4) is 0 Å². The number of pyridine rings is 1. The molecule has 1 aromatic rings. The molecule has 1 aliphatic heterocycles. The Morgan fingerprint density at radius 1 is 1.64 bits per heavy atom. The van der Waals surface area contributed by atoms with Gasteiger partial charge in [-0.15, -0.1) is 0 Å². The first-order valence-electron chi connectivity index (χ1n) is 4.95. The van der Waals surface area contributed by atoms with Crippen LogP contribution in [0.25, 0.3) is 0 Å². The van der Waals surface area contributed by atoms with Crippen LogP contribution in [0.2, 0.25) is 0 Å². The number of aryl methyl sites for hydroxylation is 1. The molecule has 2 heterocycles. The molecule has 1 fully saturated rings. The summed E-state index contributed by atoms with van der Waals surface area (Å²) in [7, 11) is 0. The van der Waals surface area contributed by atoms with Gasteiger partial charge in [0.05, 0.1) is 6.04 Å². The van der Waals surface area contributed by atoms with Gasteiger partial charge in [0.1, 0.15) is 0 Å².